The van der Waals surface area contributed by atoms with Crippen LogP contribution in [0.3, 0.4) is 0 Å². The predicted molar refractivity (Wildman–Crippen MR) is 79.8 cm³/mol. The van der Waals surface area contributed by atoms with Crippen LogP contribution in [0.4, 0.5) is 0 Å². The summed E-state index contributed by atoms with van der Waals surface area (Å²) in [6.07, 6.45) is 0. The molecule has 4 nitrogen and oxygen atoms in total. The first-order valence-electron chi connectivity index (χ1n) is 6.29. The summed E-state index contributed by atoms with van der Waals surface area (Å²) in [5.74, 6) is -0.120. The molecule has 0 fully saturated rings. The molecular weight excluding hydrogens is 270 g/mol. The van der Waals surface area contributed by atoms with Crippen molar-refractivity contribution in [2.75, 3.05) is 0 Å². The summed E-state index contributed by atoms with van der Waals surface area (Å²) in [4.78, 5) is 12.6. The van der Waals surface area contributed by atoms with E-state index in [1.165, 1.54) is 10.8 Å². The van der Waals surface area contributed by atoms with Gasteiger partial charge in [-0.3, -0.25) is 4.79 Å². The molecule has 0 spiro atoms. The molecule has 3 aromatic rings. The van der Waals surface area contributed by atoms with Gasteiger partial charge in [0.15, 0.2) is 0 Å². The molecule has 1 aromatic heterocycles. The van der Waals surface area contributed by atoms with E-state index < -0.39 is 0 Å². The van der Waals surface area contributed by atoms with Gasteiger partial charge in [0, 0.05) is 6.54 Å². The molecule has 20 heavy (non-hydrogen) atoms. The number of fused-ring (bicyclic) bond motifs is 1. The van der Waals surface area contributed by atoms with Gasteiger partial charge in [-0.1, -0.05) is 40.9 Å². The SMILES string of the molecule is Cc1nnsc1C(=O)NCc1ccc2ccccc2c1. The van der Waals surface area contributed by atoms with Gasteiger partial charge in [-0.25, -0.2) is 0 Å². The fourth-order valence-corrected chi connectivity index (χ4v) is 2.62. The number of amides is 1. The second-order valence-corrected chi connectivity index (χ2v) is 5.31. The van der Waals surface area contributed by atoms with Crippen LogP contribution in [0.5, 0.6) is 0 Å². The molecule has 1 N–H and O–H groups in total. The molecule has 1 heterocycles. The second kappa shape index (κ2) is 5.38. The van der Waals surface area contributed by atoms with Crippen LogP contribution in [-0.4, -0.2) is 15.5 Å². The Balaban J connectivity index is 1.74. The summed E-state index contributed by atoms with van der Waals surface area (Å²) in [5, 5.41) is 9.11. The molecule has 0 unspecified atom stereocenters. The first kappa shape index (κ1) is 12.7. The Hall–Kier alpha value is -2.27. The zero-order chi connectivity index (χ0) is 13.9. The van der Waals surface area contributed by atoms with E-state index in [-0.39, 0.29) is 5.91 Å². The minimum Gasteiger partial charge on any atom is -0.347 e. The first-order chi connectivity index (χ1) is 9.74. The average Bonchev–Trinajstić information content (AvgIpc) is 2.91. The minimum absolute atomic E-state index is 0.120. The second-order valence-electron chi connectivity index (χ2n) is 4.55. The lowest BCUT2D eigenvalue weighted by Crippen LogP contribution is -2.22. The molecule has 5 heteroatoms. The highest BCUT2D eigenvalue weighted by Crippen LogP contribution is 2.16. The Kier molecular flexibility index (Phi) is 3.43. The van der Waals surface area contributed by atoms with Crippen LogP contribution in [0, 0.1) is 6.92 Å². The topological polar surface area (TPSA) is 54.9 Å². The highest BCUT2D eigenvalue weighted by atomic mass is 32.1. The van der Waals surface area contributed by atoms with Gasteiger partial charge < -0.3 is 5.32 Å². The van der Waals surface area contributed by atoms with Crippen molar-refractivity contribution in [2.24, 2.45) is 0 Å². The molecular formula is C15H13N3OS. The van der Waals surface area contributed by atoms with Crippen molar-refractivity contribution in [1.29, 1.82) is 0 Å². The molecule has 0 atom stereocenters. The van der Waals surface area contributed by atoms with Gasteiger partial charge in [0.25, 0.3) is 5.91 Å². The first-order valence-corrected chi connectivity index (χ1v) is 7.06. The maximum absolute atomic E-state index is 12.0. The van der Waals surface area contributed by atoms with Crippen molar-refractivity contribution >= 4 is 28.2 Å². The third-order valence-corrected chi connectivity index (χ3v) is 3.95. The fraction of sp³-hybridized carbons (Fsp3) is 0.133. The highest BCUT2D eigenvalue weighted by Gasteiger charge is 2.12. The maximum atomic E-state index is 12.0. The van der Waals surface area contributed by atoms with E-state index in [0.717, 1.165) is 17.1 Å². The van der Waals surface area contributed by atoms with Gasteiger partial charge in [-0.2, -0.15) is 0 Å². The lowest BCUT2D eigenvalue weighted by Gasteiger charge is -2.05. The molecule has 1 amide bonds. The summed E-state index contributed by atoms with van der Waals surface area (Å²) in [6.45, 7) is 2.29. The van der Waals surface area contributed by atoms with Crippen LogP contribution in [0.2, 0.25) is 0 Å². The van der Waals surface area contributed by atoms with E-state index in [4.69, 9.17) is 0 Å². The van der Waals surface area contributed by atoms with Gasteiger partial charge in [0.05, 0.1) is 5.69 Å². The molecule has 0 radical (unpaired) electrons. The van der Waals surface area contributed by atoms with E-state index in [0.29, 0.717) is 17.1 Å². The summed E-state index contributed by atoms with van der Waals surface area (Å²) in [7, 11) is 0. The molecule has 2 aromatic carbocycles. The van der Waals surface area contributed by atoms with Crippen LogP contribution in [0.1, 0.15) is 20.9 Å². The molecule has 3 rings (SSSR count). The van der Waals surface area contributed by atoms with E-state index in [2.05, 4.69) is 39.2 Å². The van der Waals surface area contributed by atoms with E-state index in [1.807, 2.05) is 18.2 Å². The number of nitrogens with one attached hydrogen (secondary N) is 1. The number of carbonyl (C=O) groups is 1. The predicted octanol–water partition coefficient (Wildman–Crippen LogP) is 2.93. The van der Waals surface area contributed by atoms with Crippen LogP contribution in [-0.2, 0) is 6.54 Å². The Morgan fingerprint density at radius 2 is 2.00 bits per heavy atom. The van der Waals surface area contributed by atoms with Crippen molar-refractivity contribution in [3.05, 3.63) is 58.6 Å². The highest BCUT2D eigenvalue weighted by molar-refractivity contribution is 7.07. The van der Waals surface area contributed by atoms with Crippen LogP contribution in [0.15, 0.2) is 42.5 Å². The van der Waals surface area contributed by atoms with Gasteiger partial charge in [-0.15, -0.1) is 5.10 Å². The molecule has 0 bridgehead atoms. The van der Waals surface area contributed by atoms with Crippen molar-refractivity contribution in [3.8, 4) is 0 Å². The summed E-state index contributed by atoms with van der Waals surface area (Å²) in [6, 6.07) is 14.4. The van der Waals surface area contributed by atoms with E-state index in [9.17, 15) is 4.79 Å². The molecule has 0 aliphatic heterocycles. The number of benzene rings is 2. The average molecular weight is 283 g/mol. The van der Waals surface area contributed by atoms with Crippen molar-refractivity contribution in [3.63, 3.8) is 0 Å². The Labute approximate surface area is 120 Å². The van der Waals surface area contributed by atoms with E-state index >= 15 is 0 Å². The molecule has 0 saturated heterocycles. The molecule has 0 aliphatic carbocycles. The third-order valence-electron chi connectivity index (χ3n) is 3.12. The standard InChI is InChI=1S/C15H13N3OS/c1-10-14(20-18-17-10)15(19)16-9-11-6-7-12-4-2-3-5-13(12)8-11/h2-8H,9H2,1H3,(H,16,19). The van der Waals surface area contributed by atoms with Gasteiger partial charge in [0.1, 0.15) is 4.88 Å². The minimum atomic E-state index is -0.120. The van der Waals surface area contributed by atoms with Crippen molar-refractivity contribution in [2.45, 2.75) is 13.5 Å². The van der Waals surface area contributed by atoms with Crippen molar-refractivity contribution < 1.29 is 4.79 Å². The number of hydrogen-bond acceptors (Lipinski definition) is 4. The normalized spacial score (nSPS) is 10.7. The van der Waals surface area contributed by atoms with E-state index in [1.54, 1.807) is 6.92 Å². The largest absolute Gasteiger partial charge is 0.347 e. The quantitative estimate of drug-likeness (QED) is 0.804. The number of aromatic nitrogens is 2. The Bertz CT molecular complexity index is 766. The van der Waals surface area contributed by atoms with Gasteiger partial charge in [0.2, 0.25) is 0 Å². The summed E-state index contributed by atoms with van der Waals surface area (Å²) >= 11 is 1.12. The molecule has 100 valence electrons. The number of aryl methyl sites for hydroxylation is 1. The zero-order valence-corrected chi connectivity index (χ0v) is 11.8. The molecule has 0 aliphatic rings. The number of carbonyl (C=O) groups excluding carboxylic acids is 1. The van der Waals surface area contributed by atoms with Crippen LogP contribution < -0.4 is 5.32 Å². The Morgan fingerprint density at radius 1 is 1.20 bits per heavy atom. The molecule has 0 saturated carbocycles. The fourth-order valence-electron chi connectivity index (χ4n) is 2.05. The maximum Gasteiger partial charge on any atom is 0.265 e. The Morgan fingerprint density at radius 3 is 2.75 bits per heavy atom. The third kappa shape index (κ3) is 2.53. The number of nitrogens with zero attached hydrogens (tertiary/aromatic N) is 2. The monoisotopic (exact) mass is 283 g/mol. The lowest BCUT2D eigenvalue weighted by atomic mass is 10.1. The zero-order valence-electron chi connectivity index (χ0n) is 11.0. The van der Waals surface area contributed by atoms with Crippen LogP contribution in [0.25, 0.3) is 10.8 Å². The van der Waals surface area contributed by atoms with Crippen LogP contribution >= 0.6 is 11.5 Å². The summed E-state index contributed by atoms with van der Waals surface area (Å²) in [5.41, 5.74) is 1.75. The van der Waals surface area contributed by atoms with Crippen molar-refractivity contribution in [1.82, 2.24) is 14.9 Å². The lowest BCUT2D eigenvalue weighted by molar-refractivity contribution is 0.0954. The number of rotatable bonds is 3. The smallest absolute Gasteiger partial charge is 0.265 e. The summed E-state index contributed by atoms with van der Waals surface area (Å²) < 4.78 is 3.77. The van der Waals surface area contributed by atoms with Gasteiger partial charge in [-0.05, 0) is 40.9 Å². The van der Waals surface area contributed by atoms with Gasteiger partial charge >= 0.3 is 0 Å². The number of hydrogen-bond donors (Lipinski definition) is 1.